The van der Waals surface area contributed by atoms with E-state index in [4.69, 9.17) is 5.73 Å². The number of carbonyl (C=O) groups is 1. The summed E-state index contributed by atoms with van der Waals surface area (Å²) in [4.78, 5) is 14.4. The van der Waals surface area contributed by atoms with Gasteiger partial charge in [0.2, 0.25) is 5.91 Å². The molecule has 1 unspecified atom stereocenters. The second kappa shape index (κ2) is 11.0. The minimum Gasteiger partial charge on any atom is -0.372 e. The molecule has 0 aliphatic heterocycles. The van der Waals surface area contributed by atoms with E-state index in [2.05, 4.69) is 24.1 Å². The lowest BCUT2D eigenvalue weighted by Crippen LogP contribution is -2.37. The summed E-state index contributed by atoms with van der Waals surface area (Å²) >= 11 is 0. The maximum absolute atomic E-state index is 12.3. The number of hydrogen-bond acceptors (Lipinski definition) is 3. The molecule has 138 valence electrons. The Balaban J connectivity index is 0.00000288. The van der Waals surface area contributed by atoms with Crippen molar-refractivity contribution in [3.63, 3.8) is 0 Å². The summed E-state index contributed by atoms with van der Waals surface area (Å²) in [5.74, 6) is -0.168. The molecule has 0 saturated heterocycles. The monoisotopic (exact) mass is 383 g/mol. The molecule has 6 heteroatoms. The summed E-state index contributed by atoms with van der Waals surface area (Å²) in [7, 11) is 2.03. The third kappa shape index (κ3) is 6.94. The van der Waals surface area contributed by atoms with Crippen molar-refractivity contribution < 1.29 is 4.79 Å². The molecular formula is C19H27Cl2N3O. The molecule has 25 heavy (non-hydrogen) atoms. The van der Waals surface area contributed by atoms with Crippen molar-refractivity contribution in [3.05, 3.63) is 60.2 Å². The Kier molecular flexibility index (Phi) is 10.2. The average molecular weight is 384 g/mol. The Morgan fingerprint density at radius 1 is 1.08 bits per heavy atom. The lowest BCUT2D eigenvalue weighted by molar-refractivity contribution is -0.117. The van der Waals surface area contributed by atoms with Gasteiger partial charge >= 0.3 is 0 Å². The van der Waals surface area contributed by atoms with Crippen molar-refractivity contribution in [3.8, 4) is 0 Å². The topological polar surface area (TPSA) is 58.4 Å². The van der Waals surface area contributed by atoms with Gasteiger partial charge in [-0.25, -0.2) is 0 Å². The first kappa shape index (κ1) is 23.2. The fraction of sp³-hybridized carbons (Fsp3) is 0.316. The molecule has 0 aliphatic rings. The Labute approximate surface area is 162 Å². The molecule has 2 aromatic carbocycles. The van der Waals surface area contributed by atoms with E-state index in [9.17, 15) is 4.79 Å². The molecule has 0 fully saturated rings. The molecule has 4 nitrogen and oxygen atoms in total. The SMILES string of the molecule is CC(C)N(C)c1cccc(NC(=O)C(N)Cc2ccccc2)c1.Cl.Cl. The first-order valence-electron chi connectivity index (χ1n) is 7.90. The van der Waals surface area contributed by atoms with Crippen LogP contribution in [0.3, 0.4) is 0 Å². The summed E-state index contributed by atoms with van der Waals surface area (Å²) in [5.41, 5.74) is 8.91. The zero-order chi connectivity index (χ0) is 16.8. The van der Waals surface area contributed by atoms with E-state index in [0.29, 0.717) is 12.5 Å². The lowest BCUT2D eigenvalue weighted by Gasteiger charge is -2.24. The van der Waals surface area contributed by atoms with Crippen LogP contribution in [0.5, 0.6) is 0 Å². The minimum atomic E-state index is -0.566. The highest BCUT2D eigenvalue weighted by Gasteiger charge is 2.15. The Hall–Kier alpha value is -1.75. The fourth-order valence-electron chi connectivity index (χ4n) is 2.30. The Bertz CT molecular complexity index is 650. The van der Waals surface area contributed by atoms with E-state index in [-0.39, 0.29) is 30.7 Å². The smallest absolute Gasteiger partial charge is 0.241 e. The van der Waals surface area contributed by atoms with Gasteiger partial charge in [0, 0.05) is 24.5 Å². The number of nitrogens with two attached hydrogens (primary N) is 1. The van der Waals surface area contributed by atoms with Crippen molar-refractivity contribution in [2.45, 2.75) is 32.4 Å². The molecule has 0 heterocycles. The van der Waals surface area contributed by atoms with Gasteiger partial charge in [-0.15, -0.1) is 24.8 Å². The number of halogens is 2. The van der Waals surface area contributed by atoms with Gasteiger partial charge in [0.25, 0.3) is 0 Å². The van der Waals surface area contributed by atoms with E-state index in [1.54, 1.807) is 0 Å². The van der Waals surface area contributed by atoms with Crippen LogP contribution in [0.4, 0.5) is 11.4 Å². The number of nitrogens with one attached hydrogen (secondary N) is 1. The van der Waals surface area contributed by atoms with E-state index < -0.39 is 6.04 Å². The normalized spacial score (nSPS) is 11.1. The van der Waals surface area contributed by atoms with Crippen LogP contribution >= 0.6 is 24.8 Å². The second-order valence-corrected chi connectivity index (χ2v) is 6.04. The Morgan fingerprint density at radius 2 is 1.72 bits per heavy atom. The molecule has 0 aliphatic carbocycles. The summed E-state index contributed by atoms with van der Waals surface area (Å²) in [6.07, 6.45) is 0.526. The third-order valence-corrected chi connectivity index (χ3v) is 3.93. The van der Waals surface area contributed by atoms with Gasteiger partial charge in [0.15, 0.2) is 0 Å². The zero-order valence-electron chi connectivity index (χ0n) is 14.8. The zero-order valence-corrected chi connectivity index (χ0v) is 16.4. The number of hydrogen-bond donors (Lipinski definition) is 2. The average Bonchev–Trinajstić information content (AvgIpc) is 2.55. The van der Waals surface area contributed by atoms with Crippen LogP contribution in [-0.4, -0.2) is 25.0 Å². The fourth-order valence-corrected chi connectivity index (χ4v) is 2.30. The van der Waals surface area contributed by atoms with Gasteiger partial charge in [0.05, 0.1) is 6.04 Å². The van der Waals surface area contributed by atoms with Gasteiger partial charge in [-0.05, 0) is 44.0 Å². The van der Waals surface area contributed by atoms with Crippen LogP contribution < -0.4 is 16.0 Å². The number of amides is 1. The summed E-state index contributed by atoms with van der Waals surface area (Å²) in [6, 6.07) is 17.4. The van der Waals surface area contributed by atoms with Gasteiger partial charge in [-0.1, -0.05) is 36.4 Å². The first-order chi connectivity index (χ1) is 11.0. The summed E-state index contributed by atoms with van der Waals surface area (Å²) < 4.78 is 0. The van der Waals surface area contributed by atoms with Crippen LogP contribution in [0.2, 0.25) is 0 Å². The number of benzene rings is 2. The molecule has 1 atom stereocenters. The maximum atomic E-state index is 12.3. The van der Waals surface area contributed by atoms with E-state index in [0.717, 1.165) is 16.9 Å². The highest BCUT2D eigenvalue weighted by atomic mass is 35.5. The van der Waals surface area contributed by atoms with Crippen molar-refractivity contribution >= 4 is 42.1 Å². The van der Waals surface area contributed by atoms with Crippen molar-refractivity contribution in [2.75, 3.05) is 17.3 Å². The number of anilines is 2. The van der Waals surface area contributed by atoms with Gasteiger partial charge in [-0.2, -0.15) is 0 Å². The second-order valence-electron chi connectivity index (χ2n) is 6.04. The molecule has 0 saturated carbocycles. The van der Waals surface area contributed by atoms with E-state index >= 15 is 0 Å². The predicted octanol–water partition coefficient (Wildman–Crippen LogP) is 3.88. The highest BCUT2D eigenvalue weighted by molar-refractivity contribution is 5.95. The molecule has 0 radical (unpaired) electrons. The predicted molar refractivity (Wildman–Crippen MR) is 111 cm³/mol. The van der Waals surface area contributed by atoms with E-state index in [1.165, 1.54) is 0 Å². The summed E-state index contributed by atoms with van der Waals surface area (Å²) in [6.45, 7) is 4.25. The number of rotatable bonds is 6. The standard InChI is InChI=1S/C19H25N3O.2ClH/c1-14(2)22(3)17-11-7-10-16(13-17)21-19(23)18(20)12-15-8-5-4-6-9-15;;/h4-11,13-14,18H,12,20H2,1-3H3,(H,21,23);2*1H. The van der Waals surface area contributed by atoms with Crippen LogP contribution in [0.1, 0.15) is 19.4 Å². The highest BCUT2D eigenvalue weighted by Crippen LogP contribution is 2.20. The number of carbonyl (C=O) groups excluding carboxylic acids is 1. The van der Waals surface area contributed by atoms with Crippen LogP contribution in [0, 0.1) is 0 Å². The molecule has 2 rings (SSSR count). The lowest BCUT2D eigenvalue weighted by atomic mass is 10.1. The summed E-state index contributed by atoms with van der Waals surface area (Å²) in [5, 5.41) is 2.91. The van der Waals surface area contributed by atoms with E-state index in [1.807, 2.05) is 61.6 Å². The molecular weight excluding hydrogens is 357 g/mol. The van der Waals surface area contributed by atoms with Gasteiger partial charge in [-0.3, -0.25) is 4.79 Å². The maximum Gasteiger partial charge on any atom is 0.241 e. The number of nitrogens with zero attached hydrogens (tertiary/aromatic N) is 1. The van der Waals surface area contributed by atoms with Crippen molar-refractivity contribution in [1.29, 1.82) is 0 Å². The largest absolute Gasteiger partial charge is 0.372 e. The molecule has 0 spiro atoms. The quantitative estimate of drug-likeness (QED) is 0.795. The molecule has 0 aromatic heterocycles. The van der Waals surface area contributed by atoms with Gasteiger partial charge in [0.1, 0.15) is 0 Å². The van der Waals surface area contributed by atoms with Crippen LogP contribution in [-0.2, 0) is 11.2 Å². The molecule has 2 aromatic rings. The molecule has 1 amide bonds. The van der Waals surface area contributed by atoms with Gasteiger partial charge < -0.3 is 16.0 Å². The van der Waals surface area contributed by atoms with Crippen LogP contribution in [0.25, 0.3) is 0 Å². The minimum absolute atomic E-state index is 0. The van der Waals surface area contributed by atoms with Crippen molar-refractivity contribution in [1.82, 2.24) is 0 Å². The van der Waals surface area contributed by atoms with Crippen LogP contribution in [0.15, 0.2) is 54.6 Å². The third-order valence-electron chi connectivity index (χ3n) is 3.93. The first-order valence-corrected chi connectivity index (χ1v) is 7.90. The molecule has 3 N–H and O–H groups in total. The Morgan fingerprint density at radius 3 is 2.32 bits per heavy atom. The van der Waals surface area contributed by atoms with Crippen molar-refractivity contribution in [2.24, 2.45) is 5.73 Å². The molecule has 0 bridgehead atoms.